The third-order valence-electron chi connectivity index (χ3n) is 1.40. The minimum absolute atomic E-state index is 0.143. The van der Waals surface area contributed by atoms with Gasteiger partial charge in [0.25, 0.3) is 0 Å². The first-order valence-electron chi connectivity index (χ1n) is 3.55. The van der Waals surface area contributed by atoms with Gasteiger partial charge in [-0.15, -0.1) is 0 Å². The predicted molar refractivity (Wildman–Crippen MR) is 40.8 cm³/mol. The molecule has 58 valence electrons. The van der Waals surface area contributed by atoms with Crippen LogP contribution in [0.1, 0.15) is 26.7 Å². The smallest absolute Gasteiger partial charge is 0.307 e. The van der Waals surface area contributed by atoms with Crippen molar-refractivity contribution in [2.24, 2.45) is 5.92 Å². The molecule has 1 atom stereocenters. The molecule has 0 heterocycles. The first-order valence-corrected chi connectivity index (χ1v) is 3.55. The van der Waals surface area contributed by atoms with Gasteiger partial charge >= 0.3 is 5.97 Å². The fourth-order valence-electron chi connectivity index (χ4n) is 0.537. The molecule has 0 spiro atoms. The van der Waals surface area contributed by atoms with Crippen molar-refractivity contribution in [1.82, 2.24) is 0 Å². The summed E-state index contributed by atoms with van der Waals surface area (Å²) in [6, 6.07) is 0. The molecule has 2 heteroatoms. The van der Waals surface area contributed by atoms with Gasteiger partial charge in [-0.1, -0.05) is 32.4 Å². The van der Waals surface area contributed by atoms with Crippen molar-refractivity contribution < 1.29 is 9.90 Å². The summed E-state index contributed by atoms with van der Waals surface area (Å²) in [6.07, 6.45) is 4.85. The Hall–Kier alpha value is -0.790. The van der Waals surface area contributed by atoms with E-state index in [1.165, 1.54) is 0 Å². The Bertz CT molecular complexity index is 127. The van der Waals surface area contributed by atoms with Crippen LogP contribution >= 0.6 is 0 Å². The van der Waals surface area contributed by atoms with Gasteiger partial charge in [0.05, 0.1) is 6.42 Å². The minimum atomic E-state index is -0.764. The zero-order chi connectivity index (χ0) is 7.98. The van der Waals surface area contributed by atoms with E-state index in [-0.39, 0.29) is 6.42 Å². The molecule has 0 bridgehead atoms. The average molecular weight is 142 g/mol. The van der Waals surface area contributed by atoms with Gasteiger partial charge in [0.1, 0.15) is 0 Å². The summed E-state index contributed by atoms with van der Waals surface area (Å²) in [5.74, 6) is -0.265. The lowest BCUT2D eigenvalue weighted by molar-refractivity contribution is -0.136. The minimum Gasteiger partial charge on any atom is -0.481 e. The zero-order valence-corrected chi connectivity index (χ0v) is 6.50. The monoisotopic (exact) mass is 142 g/mol. The molecule has 0 aromatic heterocycles. The number of hydrogen-bond donors (Lipinski definition) is 1. The van der Waals surface area contributed by atoms with Crippen molar-refractivity contribution in [1.29, 1.82) is 0 Å². The van der Waals surface area contributed by atoms with Gasteiger partial charge in [-0.25, -0.2) is 0 Å². The molecular weight excluding hydrogens is 128 g/mol. The van der Waals surface area contributed by atoms with Gasteiger partial charge in [0.2, 0.25) is 0 Å². The third kappa shape index (κ3) is 5.35. The number of aliphatic carboxylic acids is 1. The Balaban J connectivity index is 3.45. The number of carbonyl (C=O) groups is 1. The van der Waals surface area contributed by atoms with E-state index in [1.54, 1.807) is 6.08 Å². The quantitative estimate of drug-likeness (QED) is 0.610. The fourth-order valence-corrected chi connectivity index (χ4v) is 0.537. The van der Waals surface area contributed by atoms with Crippen LogP contribution in [0.15, 0.2) is 12.2 Å². The van der Waals surface area contributed by atoms with Crippen LogP contribution in [-0.2, 0) is 4.79 Å². The maximum Gasteiger partial charge on any atom is 0.307 e. The normalized spacial score (nSPS) is 13.8. The topological polar surface area (TPSA) is 37.3 Å². The summed E-state index contributed by atoms with van der Waals surface area (Å²) in [4.78, 5) is 10.0. The largest absolute Gasteiger partial charge is 0.481 e. The highest BCUT2D eigenvalue weighted by Gasteiger charge is 1.92. The van der Waals surface area contributed by atoms with Gasteiger partial charge in [0, 0.05) is 0 Å². The second-order valence-electron chi connectivity index (χ2n) is 2.41. The summed E-state index contributed by atoms with van der Waals surface area (Å²) < 4.78 is 0. The fraction of sp³-hybridized carbons (Fsp3) is 0.625. The number of rotatable bonds is 4. The second kappa shape index (κ2) is 5.03. The van der Waals surface area contributed by atoms with Crippen molar-refractivity contribution in [3.05, 3.63) is 12.2 Å². The van der Waals surface area contributed by atoms with E-state index < -0.39 is 5.97 Å². The Morgan fingerprint density at radius 3 is 2.70 bits per heavy atom. The van der Waals surface area contributed by atoms with Gasteiger partial charge in [0.15, 0.2) is 0 Å². The van der Waals surface area contributed by atoms with Crippen molar-refractivity contribution in [3.8, 4) is 0 Å². The number of carboxylic acids is 1. The molecule has 0 fully saturated rings. The molecule has 0 rings (SSSR count). The summed E-state index contributed by atoms with van der Waals surface area (Å²) in [5.41, 5.74) is 0. The summed E-state index contributed by atoms with van der Waals surface area (Å²) >= 11 is 0. The van der Waals surface area contributed by atoms with Crippen LogP contribution in [0.2, 0.25) is 0 Å². The molecule has 1 N–H and O–H groups in total. The molecule has 1 unspecified atom stereocenters. The molecule has 0 aliphatic heterocycles. The lowest BCUT2D eigenvalue weighted by Gasteiger charge is -1.97. The van der Waals surface area contributed by atoms with Crippen LogP contribution in [0.4, 0.5) is 0 Å². The molecule has 0 aliphatic carbocycles. The maximum atomic E-state index is 10.0. The lowest BCUT2D eigenvalue weighted by atomic mass is 10.1. The lowest BCUT2D eigenvalue weighted by Crippen LogP contribution is -1.91. The van der Waals surface area contributed by atoms with E-state index >= 15 is 0 Å². The standard InChI is InChI=1S/C8H14O2/c1-3-7(2)5-4-6-8(9)10/h4-5,7H,3,6H2,1-2H3,(H,9,10). The average Bonchev–Trinajstić information content (AvgIpc) is 1.87. The van der Waals surface area contributed by atoms with Crippen molar-refractivity contribution in [2.75, 3.05) is 0 Å². The van der Waals surface area contributed by atoms with Crippen molar-refractivity contribution in [2.45, 2.75) is 26.7 Å². The highest BCUT2D eigenvalue weighted by Crippen LogP contribution is 2.02. The Labute approximate surface area is 61.6 Å². The van der Waals surface area contributed by atoms with E-state index in [2.05, 4.69) is 13.8 Å². The Kier molecular flexibility index (Phi) is 4.63. The number of allylic oxidation sites excluding steroid dienone is 1. The first kappa shape index (κ1) is 9.21. The van der Waals surface area contributed by atoms with E-state index in [9.17, 15) is 4.79 Å². The van der Waals surface area contributed by atoms with Crippen LogP contribution in [0, 0.1) is 5.92 Å². The van der Waals surface area contributed by atoms with Gasteiger partial charge in [-0.3, -0.25) is 4.79 Å². The van der Waals surface area contributed by atoms with Crippen molar-refractivity contribution in [3.63, 3.8) is 0 Å². The summed E-state index contributed by atoms with van der Waals surface area (Å²) in [7, 11) is 0. The number of carboxylic acid groups (broad SMARTS) is 1. The highest BCUT2D eigenvalue weighted by molar-refractivity contribution is 5.68. The van der Waals surface area contributed by atoms with Crippen molar-refractivity contribution >= 4 is 5.97 Å². The van der Waals surface area contributed by atoms with Crippen LogP contribution in [0.5, 0.6) is 0 Å². The zero-order valence-electron chi connectivity index (χ0n) is 6.50. The van der Waals surface area contributed by atoms with E-state index in [0.717, 1.165) is 6.42 Å². The third-order valence-corrected chi connectivity index (χ3v) is 1.40. The second-order valence-corrected chi connectivity index (χ2v) is 2.41. The highest BCUT2D eigenvalue weighted by atomic mass is 16.4. The SMILES string of the molecule is CCC(C)C=CCC(=O)O. The Morgan fingerprint density at radius 1 is 1.70 bits per heavy atom. The first-order chi connectivity index (χ1) is 4.66. The van der Waals surface area contributed by atoms with Gasteiger partial charge in [-0.2, -0.15) is 0 Å². The van der Waals surface area contributed by atoms with Gasteiger partial charge < -0.3 is 5.11 Å². The molecule has 0 aromatic carbocycles. The van der Waals surface area contributed by atoms with Gasteiger partial charge in [-0.05, 0) is 5.92 Å². The molecule has 0 amide bonds. The Morgan fingerprint density at radius 2 is 2.30 bits per heavy atom. The molecule has 0 radical (unpaired) electrons. The molecule has 0 saturated carbocycles. The van der Waals surface area contributed by atoms with E-state index in [1.807, 2.05) is 6.08 Å². The van der Waals surface area contributed by atoms with Crippen LogP contribution in [0.3, 0.4) is 0 Å². The molecule has 2 nitrogen and oxygen atoms in total. The summed E-state index contributed by atoms with van der Waals surface area (Å²) in [5, 5.41) is 8.25. The van der Waals surface area contributed by atoms with Crippen LogP contribution < -0.4 is 0 Å². The maximum absolute atomic E-state index is 10.0. The van der Waals surface area contributed by atoms with Crippen LogP contribution in [-0.4, -0.2) is 11.1 Å². The van der Waals surface area contributed by atoms with E-state index in [4.69, 9.17) is 5.11 Å². The number of hydrogen-bond acceptors (Lipinski definition) is 1. The predicted octanol–water partition coefficient (Wildman–Crippen LogP) is 2.06. The molecule has 0 aliphatic rings. The molecule has 10 heavy (non-hydrogen) atoms. The molecule has 0 aromatic rings. The van der Waals surface area contributed by atoms with E-state index in [0.29, 0.717) is 5.92 Å². The summed E-state index contributed by atoms with van der Waals surface area (Å²) in [6.45, 7) is 4.15. The van der Waals surface area contributed by atoms with Crippen LogP contribution in [0.25, 0.3) is 0 Å². The molecule has 0 saturated heterocycles. The molecular formula is C8H14O2.